The maximum Gasteiger partial charge on any atom is 0.260 e. The molecule has 0 spiro atoms. The molecule has 2 heterocycles. The number of benzene rings is 2. The molecule has 0 saturated carbocycles. The number of para-hydroxylation sites is 1. The summed E-state index contributed by atoms with van der Waals surface area (Å²) >= 11 is 6.32. The van der Waals surface area contributed by atoms with Gasteiger partial charge in [-0.3, -0.25) is 4.79 Å². The smallest absolute Gasteiger partial charge is 0.260 e. The van der Waals surface area contributed by atoms with Crippen molar-refractivity contribution in [3.63, 3.8) is 0 Å². The second kappa shape index (κ2) is 7.50. The summed E-state index contributed by atoms with van der Waals surface area (Å²) in [4.78, 5) is 15.2. The molecule has 1 unspecified atom stereocenters. The van der Waals surface area contributed by atoms with Gasteiger partial charge in [0.25, 0.3) is 5.91 Å². The first-order valence-corrected chi connectivity index (χ1v) is 11.4. The van der Waals surface area contributed by atoms with Crippen molar-refractivity contribution in [2.24, 2.45) is 0 Å². The van der Waals surface area contributed by atoms with Crippen LogP contribution >= 0.6 is 11.6 Å². The molecule has 1 amide bonds. The summed E-state index contributed by atoms with van der Waals surface area (Å²) in [6, 6.07) is 12.2. The first-order valence-electron chi connectivity index (χ1n) is 9.61. The minimum atomic E-state index is -3.63. The van der Waals surface area contributed by atoms with Crippen molar-refractivity contribution in [1.29, 1.82) is 0 Å². The van der Waals surface area contributed by atoms with Crippen LogP contribution in [0.1, 0.15) is 42.1 Å². The van der Waals surface area contributed by atoms with E-state index in [1.807, 2.05) is 31.2 Å². The number of rotatable bonds is 3. The highest BCUT2D eigenvalue weighted by Gasteiger charge is 2.33. The number of sulfonamides is 1. The van der Waals surface area contributed by atoms with E-state index in [1.165, 1.54) is 22.5 Å². The molecule has 4 rings (SSSR count). The first-order chi connectivity index (χ1) is 13.4. The van der Waals surface area contributed by atoms with Crippen LogP contribution < -0.4 is 4.90 Å². The van der Waals surface area contributed by atoms with E-state index in [9.17, 15) is 13.2 Å². The number of anilines is 1. The van der Waals surface area contributed by atoms with E-state index in [1.54, 1.807) is 4.90 Å². The molecule has 0 aromatic heterocycles. The maximum absolute atomic E-state index is 13.3. The molecule has 0 N–H and O–H groups in total. The Morgan fingerprint density at radius 2 is 1.79 bits per heavy atom. The maximum atomic E-state index is 13.3. The van der Waals surface area contributed by atoms with Crippen molar-refractivity contribution >= 4 is 33.2 Å². The van der Waals surface area contributed by atoms with Crippen LogP contribution in [0.15, 0.2) is 47.4 Å². The summed E-state index contributed by atoms with van der Waals surface area (Å²) in [5.74, 6) is -0.266. The standard InChI is InChI=1S/C21H23ClN2O3S/c1-15-13-16-7-3-4-8-20(16)24(15)21(25)18-14-17(9-10-19(18)22)28(26,27)23-11-5-2-6-12-23/h3-4,7-10,14-15H,2,5-6,11-13H2,1H3. The summed E-state index contributed by atoms with van der Waals surface area (Å²) in [5, 5.41) is 0.263. The molecular formula is C21H23ClN2O3S. The molecule has 2 aliphatic heterocycles. The van der Waals surface area contributed by atoms with Crippen LogP contribution in [0.4, 0.5) is 5.69 Å². The zero-order chi connectivity index (χ0) is 19.9. The fourth-order valence-electron chi connectivity index (χ4n) is 4.09. The molecule has 2 aromatic carbocycles. The number of hydrogen-bond donors (Lipinski definition) is 0. The van der Waals surface area contributed by atoms with Gasteiger partial charge in [0.1, 0.15) is 0 Å². The predicted octanol–water partition coefficient (Wildman–Crippen LogP) is 4.11. The second-order valence-corrected chi connectivity index (χ2v) is 9.81. The molecule has 7 heteroatoms. The monoisotopic (exact) mass is 418 g/mol. The minimum absolute atomic E-state index is 0.0108. The van der Waals surface area contributed by atoms with Gasteiger partial charge in [-0.15, -0.1) is 0 Å². The van der Waals surface area contributed by atoms with E-state index in [2.05, 4.69) is 0 Å². The Morgan fingerprint density at radius 3 is 2.54 bits per heavy atom. The molecule has 1 fully saturated rings. The Balaban J connectivity index is 1.71. The van der Waals surface area contributed by atoms with Crippen LogP contribution in [0.5, 0.6) is 0 Å². The van der Waals surface area contributed by atoms with Crippen molar-refractivity contribution < 1.29 is 13.2 Å². The molecule has 0 aliphatic carbocycles. The number of fused-ring (bicyclic) bond motifs is 1. The van der Waals surface area contributed by atoms with E-state index in [0.29, 0.717) is 13.1 Å². The van der Waals surface area contributed by atoms with E-state index in [4.69, 9.17) is 11.6 Å². The molecule has 2 aromatic rings. The van der Waals surface area contributed by atoms with Gasteiger partial charge in [-0.1, -0.05) is 36.2 Å². The fraction of sp³-hybridized carbons (Fsp3) is 0.381. The third-order valence-corrected chi connectivity index (χ3v) is 7.77. The van der Waals surface area contributed by atoms with Crippen LogP contribution in [0.2, 0.25) is 5.02 Å². The van der Waals surface area contributed by atoms with Gasteiger partial charge in [0.05, 0.1) is 15.5 Å². The Labute approximate surface area is 171 Å². The van der Waals surface area contributed by atoms with Crippen LogP contribution in [-0.2, 0) is 16.4 Å². The lowest BCUT2D eigenvalue weighted by Gasteiger charge is -2.27. The fourth-order valence-corrected chi connectivity index (χ4v) is 5.83. The normalized spacial score (nSPS) is 20.2. The zero-order valence-electron chi connectivity index (χ0n) is 15.8. The number of piperidine rings is 1. The Kier molecular flexibility index (Phi) is 5.21. The summed E-state index contributed by atoms with van der Waals surface area (Å²) in [7, 11) is -3.63. The summed E-state index contributed by atoms with van der Waals surface area (Å²) < 4.78 is 27.5. The topological polar surface area (TPSA) is 57.7 Å². The van der Waals surface area contributed by atoms with Crippen molar-refractivity contribution in [1.82, 2.24) is 4.31 Å². The van der Waals surface area contributed by atoms with Crippen LogP contribution in [-0.4, -0.2) is 37.8 Å². The number of nitrogens with zero attached hydrogens (tertiary/aromatic N) is 2. The number of hydrogen-bond acceptors (Lipinski definition) is 3. The number of halogens is 1. The lowest BCUT2D eigenvalue weighted by Crippen LogP contribution is -2.37. The highest BCUT2D eigenvalue weighted by molar-refractivity contribution is 7.89. The highest BCUT2D eigenvalue weighted by Crippen LogP contribution is 2.35. The van der Waals surface area contributed by atoms with Gasteiger partial charge >= 0.3 is 0 Å². The van der Waals surface area contributed by atoms with E-state index >= 15 is 0 Å². The van der Waals surface area contributed by atoms with Gasteiger partial charge in [-0.2, -0.15) is 4.31 Å². The van der Waals surface area contributed by atoms with Crippen LogP contribution in [0, 0.1) is 0 Å². The Bertz CT molecular complexity index is 1020. The summed E-state index contributed by atoms with van der Waals surface area (Å²) in [5.41, 5.74) is 2.19. The molecule has 28 heavy (non-hydrogen) atoms. The number of amides is 1. The molecule has 148 valence electrons. The van der Waals surface area contributed by atoms with Crippen LogP contribution in [0.3, 0.4) is 0 Å². The minimum Gasteiger partial charge on any atom is -0.305 e. The van der Waals surface area contributed by atoms with Gasteiger partial charge in [0.15, 0.2) is 0 Å². The Morgan fingerprint density at radius 1 is 1.07 bits per heavy atom. The van der Waals surface area contributed by atoms with E-state index in [0.717, 1.165) is 36.9 Å². The molecule has 1 atom stereocenters. The van der Waals surface area contributed by atoms with Gasteiger partial charge in [0.2, 0.25) is 10.0 Å². The third kappa shape index (κ3) is 3.34. The lowest BCUT2D eigenvalue weighted by molar-refractivity contribution is 0.0981. The first kappa shape index (κ1) is 19.4. The predicted molar refractivity (Wildman–Crippen MR) is 110 cm³/mol. The average molecular weight is 419 g/mol. The molecular weight excluding hydrogens is 396 g/mol. The number of carbonyl (C=O) groups excluding carboxylic acids is 1. The average Bonchev–Trinajstić information content (AvgIpc) is 3.04. The largest absolute Gasteiger partial charge is 0.305 e. The number of carbonyl (C=O) groups is 1. The van der Waals surface area contributed by atoms with E-state index < -0.39 is 10.0 Å². The molecule has 0 radical (unpaired) electrons. The Hall–Kier alpha value is -1.89. The van der Waals surface area contributed by atoms with Gasteiger partial charge in [-0.05, 0) is 56.0 Å². The second-order valence-electron chi connectivity index (χ2n) is 7.46. The van der Waals surface area contributed by atoms with Gasteiger partial charge < -0.3 is 4.90 Å². The molecule has 1 saturated heterocycles. The highest BCUT2D eigenvalue weighted by atomic mass is 35.5. The zero-order valence-corrected chi connectivity index (χ0v) is 17.3. The quantitative estimate of drug-likeness (QED) is 0.753. The molecule has 5 nitrogen and oxygen atoms in total. The summed E-state index contributed by atoms with van der Waals surface area (Å²) in [6.45, 7) is 3.02. The summed E-state index contributed by atoms with van der Waals surface area (Å²) in [6.07, 6.45) is 3.54. The van der Waals surface area contributed by atoms with Crippen molar-refractivity contribution in [2.75, 3.05) is 18.0 Å². The van der Waals surface area contributed by atoms with Gasteiger partial charge in [-0.25, -0.2) is 8.42 Å². The SMILES string of the molecule is CC1Cc2ccccc2N1C(=O)c1cc(S(=O)(=O)N2CCCCC2)ccc1Cl. The van der Waals surface area contributed by atoms with Crippen molar-refractivity contribution in [2.45, 2.75) is 43.5 Å². The van der Waals surface area contributed by atoms with Gasteiger partial charge in [0, 0.05) is 24.8 Å². The van der Waals surface area contributed by atoms with Crippen molar-refractivity contribution in [3.05, 3.63) is 58.6 Å². The lowest BCUT2D eigenvalue weighted by atomic mass is 10.1. The molecule has 2 aliphatic rings. The molecule has 0 bridgehead atoms. The van der Waals surface area contributed by atoms with Crippen LogP contribution in [0.25, 0.3) is 0 Å². The third-order valence-electron chi connectivity index (χ3n) is 5.55. The van der Waals surface area contributed by atoms with E-state index in [-0.39, 0.29) is 27.4 Å². The van der Waals surface area contributed by atoms with Crippen molar-refractivity contribution in [3.8, 4) is 0 Å².